The molecule has 2 aromatic rings. The van der Waals surface area contributed by atoms with E-state index in [-0.39, 0.29) is 18.2 Å². The molecule has 4 nitrogen and oxygen atoms in total. The van der Waals surface area contributed by atoms with Gasteiger partial charge in [-0.3, -0.25) is 9.59 Å². The Morgan fingerprint density at radius 2 is 1.13 bits per heavy atom. The number of carbonyl (C=O) groups is 2. The maximum Gasteiger partial charge on any atom is 0.233 e. The molecule has 0 heterocycles. The summed E-state index contributed by atoms with van der Waals surface area (Å²) >= 11 is 0. The van der Waals surface area contributed by atoms with E-state index in [4.69, 9.17) is 0 Å². The van der Waals surface area contributed by atoms with Crippen LogP contribution in [0.25, 0.3) is 0 Å². The smallest absolute Gasteiger partial charge is 0.233 e. The number of benzene rings is 2. The van der Waals surface area contributed by atoms with Gasteiger partial charge in [0, 0.05) is 11.4 Å². The van der Waals surface area contributed by atoms with E-state index in [9.17, 15) is 9.59 Å². The first-order valence-electron chi connectivity index (χ1n) is 7.59. The first-order valence-corrected chi connectivity index (χ1v) is 7.59. The fraction of sp³-hybridized carbons (Fsp3) is 0.263. The Morgan fingerprint density at radius 3 is 1.48 bits per heavy atom. The van der Waals surface area contributed by atoms with Gasteiger partial charge in [0.15, 0.2) is 0 Å². The topological polar surface area (TPSA) is 58.2 Å². The van der Waals surface area contributed by atoms with Gasteiger partial charge in [-0.2, -0.15) is 0 Å². The molecule has 4 heteroatoms. The summed E-state index contributed by atoms with van der Waals surface area (Å²) in [6.45, 7) is 7.85. The largest absolute Gasteiger partial charge is 0.325 e. The van der Waals surface area contributed by atoms with Crippen molar-refractivity contribution in [2.75, 3.05) is 10.6 Å². The predicted molar refractivity (Wildman–Crippen MR) is 93.7 cm³/mol. The molecule has 0 saturated carbocycles. The van der Waals surface area contributed by atoms with Crippen molar-refractivity contribution in [3.63, 3.8) is 0 Å². The van der Waals surface area contributed by atoms with Gasteiger partial charge in [-0.05, 0) is 51.0 Å². The van der Waals surface area contributed by atoms with E-state index in [1.165, 1.54) is 0 Å². The minimum absolute atomic E-state index is 0.208. The Labute approximate surface area is 136 Å². The van der Waals surface area contributed by atoms with Crippen molar-refractivity contribution in [3.05, 3.63) is 58.7 Å². The second-order valence-corrected chi connectivity index (χ2v) is 5.91. The summed E-state index contributed by atoms with van der Waals surface area (Å²) in [6.07, 6.45) is -0.208. The number of aryl methyl sites for hydroxylation is 4. The van der Waals surface area contributed by atoms with Crippen LogP contribution in [0.5, 0.6) is 0 Å². The maximum atomic E-state index is 12.0. The van der Waals surface area contributed by atoms with Crippen molar-refractivity contribution < 1.29 is 9.59 Å². The van der Waals surface area contributed by atoms with E-state index in [0.29, 0.717) is 0 Å². The van der Waals surface area contributed by atoms with Gasteiger partial charge in [0.05, 0.1) is 0 Å². The Kier molecular flexibility index (Phi) is 5.16. The Bertz CT molecular complexity index is 688. The summed E-state index contributed by atoms with van der Waals surface area (Å²) < 4.78 is 0. The molecule has 0 bridgehead atoms. The third-order valence-corrected chi connectivity index (χ3v) is 3.63. The average molecular weight is 310 g/mol. The Morgan fingerprint density at radius 1 is 0.739 bits per heavy atom. The van der Waals surface area contributed by atoms with Crippen LogP contribution in [0.1, 0.15) is 28.7 Å². The highest BCUT2D eigenvalue weighted by molar-refractivity contribution is 6.08. The Balaban J connectivity index is 1.95. The van der Waals surface area contributed by atoms with Crippen LogP contribution in [-0.2, 0) is 9.59 Å². The van der Waals surface area contributed by atoms with Crippen LogP contribution in [0.4, 0.5) is 11.4 Å². The van der Waals surface area contributed by atoms with Gasteiger partial charge in [0.2, 0.25) is 11.8 Å². The van der Waals surface area contributed by atoms with E-state index in [2.05, 4.69) is 10.6 Å². The summed E-state index contributed by atoms with van der Waals surface area (Å²) in [5, 5.41) is 5.56. The molecule has 2 N–H and O–H groups in total. The van der Waals surface area contributed by atoms with Gasteiger partial charge in [0.25, 0.3) is 0 Å². The number of hydrogen-bond acceptors (Lipinski definition) is 2. The second-order valence-electron chi connectivity index (χ2n) is 5.91. The van der Waals surface area contributed by atoms with Crippen LogP contribution in [0, 0.1) is 27.7 Å². The third-order valence-electron chi connectivity index (χ3n) is 3.63. The quantitative estimate of drug-likeness (QED) is 0.842. The van der Waals surface area contributed by atoms with Crippen molar-refractivity contribution in [3.8, 4) is 0 Å². The van der Waals surface area contributed by atoms with Gasteiger partial charge >= 0.3 is 0 Å². The summed E-state index contributed by atoms with van der Waals surface area (Å²) in [6, 6.07) is 11.5. The number of hydrogen-bond donors (Lipinski definition) is 2. The summed E-state index contributed by atoms with van der Waals surface area (Å²) in [5.74, 6) is -0.640. The standard InChI is InChI=1S/C19H22N2O2/c1-12-5-7-16(14(3)9-12)20-18(22)11-19(23)21-17-8-6-13(2)10-15(17)4/h5-10H,11H2,1-4H3,(H,20,22)(H,21,23). The van der Waals surface area contributed by atoms with Gasteiger partial charge < -0.3 is 10.6 Å². The van der Waals surface area contributed by atoms with Gasteiger partial charge in [-0.15, -0.1) is 0 Å². The minimum atomic E-state index is -0.320. The molecule has 2 aromatic carbocycles. The molecule has 0 unspecified atom stereocenters. The van der Waals surface area contributed by atoms with Gasteiger partial charge in [0.1, 0.15) is 6.42 Å². The van der Waals surface area contributed by atoms with Crippen LogP contribution in [-0.4, -0.2) is 11.8 Å². The maximum absolute atomic E-state index is 12.0. The molecule has 120 valence electrons. The van der Waals surface area contributed by atoms with Crippen LogP contribution in [0.3, 0.4) is 0 Å². The first-order chi connectivity index (χ1) is 10.8. The molecule has 0 aliphatic heterocycles. The molecule has 0 aromatic heterocycles. The van der Waals surface area contributed by atoms with Crippen molar-refractivity contribution in [1.29, 1.82) is 0 Å². The SMILES string of the molecule is Cc1ccc(NC(=O)CC(=O)Nc2ccc(C)cc2C)c(C)c1. The average Bonchev–Trinajstić information content (AvgIpc) is 2.45. The summed E-state index contributed by atoms with van der Waals surface area (Å²) in [4.78, 5) is 24.0. The summed E-state index contributed by atoms with van der Waals surface area (Å²) in [7, 11) is 0. The van der Waals surface area contributed by atoms with Gasteiger partial charge in [-0.25, -0.2) is 0 Å². The molecule has 0 aliphatic rings. The van der Waals surface area contributed by atoms with E-state index in [1.807, 2.05) is 64.1 Å². The summed E-state index contributed by atoms with van der Waals surface area (Å²) in [5.41, 5.74) is 5.70. The number of rotatable bonds is 4. The van der Waals surface area contributed by atoms with E-state index in [0.717, 1.165) is 33.6 Å². The van der Waals surface area contributed by atoms with Crippen LogP contribution >= 0.6 is 0 Å². The zero-order valence-corrected chi connectivity index (χ0v) is 14.0. The van der Waals surface area contributed by atoms with Gasteiger partial charge in [-0.1, -0.05) is 35.4 Å². The normalized spacial score (nSPS) is 10.3. The van der Waals surface area contributed by atoms with Crippen LogP contribution in [0.15, 0.2) is 36.4 Å². The molecular weight excluding hydrogens is 288 g/mol. The van der Waals surface area contributed by atoms with Crippen molar-refractivity contribution in [2.24, 2.45) is 0 Å². The highest BCUT2D eigenvalue weighted by atomic mass is 16.2. The molecule has 23 heavy (non-hydrogen) atoms. The van der Waals surface area contributed by atoms with E-state index >= 15 is 0 Å². The number of nitrogens with one attached hydrogen (secondary N) is 2. The second kappa shape index (κ2) is 7.09. The fourth-order valence-corrected chi connectivity index (χ4v) is 2.44. The first kappa shape index (κ1) is 16.7. The molecule has 0 saturated heterocycles. The number of amides is 2. The fourth-order valence-electron chi connectivity index (χ4n) is 2.44. The molecule has 0 radical (unpaired) electrons. The third kappa shape index (κ3) is 4.68. The van der Waals surface area contributed by atoms with Crippen molar-refractivity contribution in [2.45, 2.75) is 34.1 Å². The molecular formula is C19H22N2O2. The van der Waals surface area contributed by atoms with Crippen molar-refractivity contribution in [1.82, 2.24) is 0 Å². The van der Waals surface area contributed by atoms with Crippen LogP contribution in [0.2, 0.25) is 0 Å². The lowest BCUT2D eigenvalue weighted by molar-refractivity contribution is -0.123. The molecule has 2 rings (SSSR count). The van der Waals surface area contributed by atoms with E-state index < -0.39 is 0 Å². The lowest BCUT2D eigenvalue weighted by atomic mass is 10.1. The molecule has 2 amide bonds. The highest BCUT2D eigenvalue weighted by Gasteiger charge is 2.12. The lowest BCUT2D eigenvalue weighted by Gasteiger charge is -2.11. The Hall–Kier alpha value is -2.62. The van der Waals surface area contributed by atoms with Crippen LogP contribution < -0.4 is 10.6 Å². The highest BCUT2D eigenvalue weighted by Crippen LogP contribution is 2.18. The molecule has 0 aliphatic carbocycles. The number of carbonyl (C=O) groups excluding carboxylic acids is 2. The lowest BCUT2D eigenvalue weighted by Crippen LogP contribution is -2.22. The predicted octanol–water partition coefficient (Wildman–Crippen LogP) is 3.89. The molecule has 0 spiro atoms. The zero-order chi connectivity index (χ0) is 17.0. The molecule has 0 fully saturated rings. The van der Waals surface area contributed by atoms with E-state index in [1.54, 1.807) is 0 Å². The monoisotopic (exact) mass is 310 g/mol. The molecule has 0 atom stereocenters. The van der Waals surface area contributed by atoms with Crippen molar-refractivity contribution >= 4 is 23.2 Å². The number of anilines is 2. The minimum Gasteiger partial charge on any atom is -0.325 e. The zero-order valence-electron chi connectivity index (χ0n) is 14.0.